The van der Waals surface area contributed by atoms with Crippen LogP contribution >= 0.6 is 0 Å². The smallest absolute Gasteiger partial charge is 0.211 e. The van der Waals surface area contributed by atoms with Gasteiger partial charge >= 0.3 is 0 Å². The van der Waals surface area contributed by atoms with E-state index in [2.05, 4.69) is 99.1 Å². The molecule has 0 spiro atoms. The van der Waals surface area contributed by atoms with Crippen LogP contribution in [-0.4, -0.2) is 62.4 Å². The van der Waals surface area contributed by atoms with E-state index in [1.807, 2.05) is 18.5 Å². The van der Waals surface area contributed by atoms with Crippen molar-refractivity contribution in [1.29, 1.82) is 0 Å². The van der Waals surface area contributed by atoms with Gasteiger partial charge in [-0.3, -0.25) is 19.2 Å². The molecule has 1 aliphatic carbocycles. The molecule has 0 amide bonds. The normalized spacial score (nSPS) is 17.7. The Balaban J connectivity index is 0.998. The monoisotopic (exact) mass is 543 g/mol. The Labute approximate surface area is 242 Å². The van der Waals surface area contributed by atoms with Gasteiger partial charge in [0.2, 0.25) is 5.95 Å². The van der Waals surface area contributed by atoms with Crippen molar-refractivity contribution >= 4 is 11.6 Å². The lowest BCUT2D eigenvalue weighted by Crippen LogP contribution is -2.46. The zero-order chi connectivity index (χ0) is 27.6. The van der Waals surface area contributed by atoms with Crippen molar-refractivity contribution < 1.29 is 0 Å². The minimum Gasteiger partial charge on any atom is -0.339 e. The van der Waals surface area contributed by atoms with E-state index in [1.54, 1.807) is 0 Å². The number of fused-ring (bicyclic) bond motifs is 2. The van der Waals surface area contributed by atoms with Crippen LogP contribution in [0.25, 0.3) is 16.8 Å². The van der Waals surface area contributed by atoms with Gasteiger partial charge in [0.15, 0.2) is 0 Å². The highest BCUT2D eigenvalue weighted by Gasteiger charge is 2.26. The number of pyridine rings is 1. The molecule has 4 heterocycles. The molecule has 41 heavy (non-hydrogen) atoms. The number of hydrogen-bond acceptors (Lipinski definition) is 6. The van der Waals surface area contributed by atoms with Crippen LogP contribution in [0.3, 0.4) is 0 Å². The molecule has 7 nitrogen and oxygen atoms in total. The van der Waals surface area contributed by atoms with Gasteiger partial charge in [0.25, 0.3) is 0 Å². The van der Waals surface area contributed by atoms with Gasteiger partial charge in [-0.05, 0) is 60.7 Å². The maximum Gasteiger partial charge on any atom is 0.211 e. The highest BCUT2D eigenvalue weighted by molar-refractivity contribution is 5.63. The van der Waals surface area contributed by atoms with Crippen molar-refractivity contribution in [1.82, 2.24) is 29.2 Å². The Morgan fingerprint density at radius 2 is 1.63 bits per heavy atom. The number of rotatable bonds is 7. The predicted molar refractivity (Wildman–Crippen MR) is 164 cm³/mol. The summed E-state index contributed by atoms with van der Waals surface area (Å²) in [7, 11) is 2.20. The van der Waals surface area contributed by atoms with E-state index in [1.165, 1.54) is 34.4 Å². The number of imidazole rings is 1. The topological polar surface area (TPSA) is 52.8 Å². The molecule has 2 aliphatic rings. The Morgan fingerprint density at radius 3 is 2.46 bits per heavy atom. The SMILES string of the molecule is CN(Cc1cn2c(N3CCN(Cc4ccc(-c5ccccc5)cc4)CC3)nccc2n1)C1CCCc2cccnc21. The molecular formula is C34H37N7. The van der Waals surface area contributed by atoms with Crippen LogP contribution in [0.2, 0.25) is 0 Å². The van der Waals surface area contributed by atoms with Crippen molar-refractivity contribution in [3.63, 3.8) is 0 Å². The zero-order valence-electron chi connectivity index (χ0n) is 23.7. The molecule has 0 saturated carbocycles. The van der Waals surface area contributed by atoms with Crippen LogP contribution in [-0.2, 0) is 19.5 Å². The Kier molecular flexibility index (Phi) is 7.21. The third-order valence-electron chi connectivity index (χ3n) is 8.64. The van der Waals surface area contributed by atoms with Crippen molar-refractivity contribution in [3.8, 4) is 11.1 Å². The number of hydrogen-bond donors (Lipinski definition) is 0. The molecule has 5 aromatic rings. The van der Waals surface area contributed by atoms with Gasteiger partial charge in [-0.1, -0.05) is 60.7 Å². The maximum atomic E-state index is 4.98. The second-order valence-electron chi connectivity index (χ2n) is 11.4. The van der Waals surface area contributed by atoms with E-state index >= 15 is 0 Å². The predicted octanol–water partition coefficient (Wildman–Crippen LogP) is 5.62. The third-order valence-corrected chi connectivity index (χ3v) is 8.64. The molecule has 1 saturated heterocycles. The molecule has 1 aliphatic heterocycles. The quantitative estimate of drug-likeness (QED) is 0.266. The number of aryl methyl sites for hydroxylation is 1. The highest BCUT2D eigenvalue weighted by atomic mass is 15.3. The summed E-state index contributed by atoms with van der Waals surface area (Å²) in [6, 6.07) is 26.2. The van der Waals surface area contributed by atoms with E-state index in [-0.39, 0.29) is 0 Å². The number of piperazine rings is 1. The van der Waals surface area contributed by atoms with Crippen molar-refractivity contribution in [2.75, 3.05) is 38.1 Å². The molecule has 3 aromatic heterocycles. The summed E-state index contributed by atoms with van der Waals surface area (Å²) < 4.78 is 2.17. The molecule has 208 valence electrons. The number of anilines is 1. The number of nitrogens with zero attached hydrogens (tertiary/aromatic N) is 7. The summed E-state index contributed by atoms with van der Waals surface area (Å²) in [5, 5.41) is 0. The largest absolute Gasteiger partial charge is 0.339 e. The van der Waals surface area contributed by atoms with Gasteiger partial charge in [-0.2, -0.15) is 0 Å². The number of benzene rings is 2. The highest BCUT2D eigenvalue weighted by Crippen LogP contribution is 2.32. The molecule has 7 rings (SSSR count). The standard InChI is InChI=1S/C34H37N7/c1-38(31-11-5-9-29-10-6-17-35-33(29)31)24-30-25-41-32(37-30)16-18-36-34(41)40-21-19-39(20-22-40)23-26-12-14-28(15-13-26)27-7-3-2-4-8-27/h2-4,6-8,10,12-18,25,31H,5,9,11,19-24H2,1H3. The zero-order valence-corrected chi connectivity index (χ0v) is 23.7. The molecule has 0 radical (unpaired) electrons. The second-order valence-corrected chi connectivity index (χ2v) is 11.4. The van der Waals surface area contributed by atoms with Gasteiger partial charge in [0.05, 0.1) is 17.4 Å². The molecule has 0 N–H and O–H groups in total. The van der Waals surface area contributed by atoms with Crippen molar-refractivity contribution in [2.24, 2.45) is 0 Å². The van der Waals surface area contributed by atoms with Crippen LogP contribution in [0.15, 0.2) is 91.4 Å². The molecule has 1 unspecified atom stereocenters. The summed E-state index contributed by atoms with van der Waals surface area (Å²) in [4.78, 5) is 21.9. The fourth-order valence-corrected chi connectivity index (χ4v) is 6.44. The first kappa shape index (κ1) is 25.9. The Hall–Kier alpha value is -4.07. The van der Waals surface area contributed by atoms with Crippen LogP contribution in [0.5, 0.6) is 0 Å². The van der Waals surface area contributed by atoms with E-state index in [0.717, 1.165) is 69.4 Å². The molecule has 2 aromatic carbocycles. The van der Waals surface area contributed by atoms with E-state index in [0.29, 0.717) is 6.04 Å². The lowest BCUT2D eigenvalue weighted by molar-refractivity contribution is 0.206. The van der Waals surface area contributed by atoms with E-state index in [4.69, 9.17) is 15.0 Å². The Morgan fingerprint density at radius 1 is 0.829 bits per heavy atom. The first-order valence-electron chi connectivity index (χ1n) is 14.8. The average molecular weight is 544 g/mol. The maximum absolute atomic E-state index is 4.98. The summed E-state index contributed by atoms with van der Waals surface area (Å²) in [6.07, 6.45) is 9.48. The fraction of sp³-hybridized carbons (Fsp3) is 0.324. The van der Waals surface area contributed by atoms with Crippen LogP contribution in [0.4, 0.5) is 5.95 Å². The average Bonchev–Trinajstić information content (AvgIpc) is 3.44. The third kappa shape index (κ3) is 5.47. The van der Waals surface area contributed by atoms with Crippen molar-refractivity contribution in [2.45, 2.75) is 38.4 Å². The van der Waals surface area contributed by atoms with Gasteiger partial charge in [0.1, 0.15) is 5.65 Å². The van der Waals surface area contributed by atoms with Crippen LogP contribution in [0.1, 0.15) is 41.4 Å². The van der Waals surface area contributed by atoms with E-state index < -0.39 is 0 Å². The van der Waals surface area contributed by atoms with Gasteiger partial charge in [0, 0.05) is 57.9 Å². The first-order chi connectivity index (χ1) is 20.2. The molecule has 7 heteroatoms. The van der Waals surface area contributed by atoms with Crippen LogP contribution in [0, 0.1) is 0 Å². The second kappa shape index (κ2) is 11.4. The lowest BCUT2D eigenvalue weighted by atomic mass is 9.91. The van der Waals surface area contributed by atoms with Crippen molar-refractivity contribution in [3.05, 3.63) is 114 Å². The minimum atomic E-state index is 0.338. The summed E-state index contributed by atoms with van der Waals surface area (Å²) >= 11 is 0. The van der Waals surface area contributed by atoms with Gasteiger partial charge in [-0.15, -0.1) is 0 Å². The molecular weight excluding hydrogens is 506 g/mol. The lowest BCUT2D eigenvalue weighted by Gasteiger charge is -2.35. The summed E-state index contributed by atoms with van der Waals surface area (Å²) in [5.74, 6) is 0.987. The minimum absolute atomic E-state index is 0.338. The van der Waals surface area contributed by atoms with Gasteiger partial charge < -0.3 is 4.90 Å². The summed E-state index contributed by atoms with van der Waals surface area (Å²) in [5.41, 5.74) is 8.55. The number of aromatic nitrogens is 4. The summed E-state index contributed by atoms with van der Waals surface area (Å²) in [6.45, 7) is 5.69. The molecule has 0 bridgehead atoms. The molecule has 1 fully saturated rings. The van der Waals surface area contributed by atoms with Gasteiger partial charge in [-0.25, -0.2) is 9.97 Å². The molecule has 1 atom stereocenters. The van der Waals surface area contributed by atoms with E-state index in [9.17, 15) is 0 Å². The first-order valence-corrected chi connectivity index (χ1v) is 14.8. The Bertz CT molecular complexity index is 1600. The fourth-order valence-electron chi connectivity index (χ4n) is 6.44. The van der Waals surface area contributed by atoms with Crippen LogP contribution < -0.4 is 4.90 Å².